The molecule has 0 N–H and O–H groups in total. The summed E-state index contributed by atoms with van der Waals surface area (Å²) in [6.07, 6.45) is 1.81. The number of nitrogens with zero attached hydrogens (tertiary/aromatic N) is 2. The standard InChI is InChI=1S/C23H26N2O/c1-14(2)18-7-8-24-20(11-18)13-25-22(17(6)26)12-19-9-16(5)10-21(15(3)4)23(19)25/h7-12,15H,1,13H2,2-6H3. The van der Waals surface area contributed by atoms with Crippen molar-refractivity contribution in [1.82, 2.24) is 9.55 Å². The highest BCUT2D eigenvalue weighted by molar-refractivity contribution is 5.99. The van der Waals surface area contributed by atoms with Gasteiger partial charge in [0, 0.05) is 18.5 Å². The van der Waals surface area contributed by atoms with Gasteiger partial charge in [0.2, 0.25) is 0 Å². The van der Waals surface area contributed by atoms with Crippen molar-refractivity contribution in [3.63, 3.8) is 0 Å². The van der Waals surface area contributed by atoms with Crippen LogP contribution in [0.4, 0.5) is 0 Å². The van der Waals surface area contributed by atoms with Gasteiger partial charge in [-0.2, -0.15) is 0 Å². The van der Waals surface area contributed by atoms with Crippen molar-refractivity contribution < 1.29 is 4.79 Å². The Hall–Kier alpha value is -2.68. The highest BCUT2D eigenvalue weighted by atomic mass is 16.1. The molecule has 0 radical (unpaired) electrons. The van der Waals surface area contributed by atoms with Crippen molar-refractivity contribution in [2.75, 3.05) is 0 Å². The van der Waals surface area contributed by atoms with Gasteiger partial charge >= 0.3 is 0 Å². The molecule has 0 aliphatic heterocycles. The molecule has 1 aromatic carbocycles. The number of aryl methyl sites for hydroxylation is 1. The summed E-state index contributed by atoms with van der Waals surface area (Å²) in [6, 6.07) is 10.4. The first kappa shape index (κ1) is 18.1. The van der Waals surface area contributed by atoms with E-state index >= 15 is 0 Å². The van der Waals surface area contributed by atoms with Crippen molar-refractivity contribution in [1.29, 1.82) is 0 Å². The highest BCUT2D eigenvalue weighted by Gasteiger charge is 2.18. The lowest BCUT2D eigenvalue weighted by Gasteiger charge is -2.15. The monoisotopic (exact) mass is 346 g/mol. The Balaban J connectivity index is 2.23. The van der Waals surface area contributed by atoms with Crippen LogP contribution in [0.25, 0.3) is 16.5 Å². The van der Waals surface area contributed by atoms with E-state index in [9.17, 15) is 4.79 Å². The molecule has 0 bridgehead atoms. The van der Waals surface area contributed by atoms with Gasteiger partial charge < -0.3 is 4.57 Å². The summed E-state index contributed by atoms with van der Waals surface area (Å²) in [7, 11) is 0. The second-order valence-electron chi connectivity index (χ2n) is 7.43. The van der Waals surface area contributed by atoms with Gasteiger partial charge in [-0.1, -0.05) is 37.6 Å². The molecule has 26 heavy (non-hydrogen) atoms. The summed E-state index contributed by atoms with van der Waals surface area (Å²) in [5, 5.41) is 1.12. The van der Waals surface area contributed by atoms with E-state index in [2.05, 4.69) is 55.1 Å². The molecule has 0 aliphatic carbocycles. The lowest BCUT2D eigenvalue weighted by Crippen LogP contribution is -2.10. The molecule has 3 rings (SSSR count). The molecule has 0 saturated heterocycles. The summed E-state index contributed by atoms with van der Waals surface area (Å²) < 4.78 is 2.12. The number of hydrogen-bond acceptors (Lipinski definition) is 2. The number of ketones is 1. The molecule has 2 aromatic heterocycles. The van der Waals surface area contributed by atoms with Gasteiger partial charge in [0.1, 0.15) is 0 Å². The van der Waals surface area contributed by atoms with Crippen LogP contribution in [-0.4, -0.2) is 15.3 Å². The topological polar surface area (TPSA) is 34.9 Å². The lowest BCUT2D eigenvalue weighted by molar-refractivity contribution is 0.101. The molecule has 0 spiro atoms. The first-order valence-corrected chi connectivity index (χ1v) is 9.03. The van der Waals surface area contributed by atoms with E-state index in [0.29, 0.717) is 12.5 Å². The number of fused-ring (bicyclic) bond motifs is 1. The van der Waals surface area contributed by atoms with Crippen LogP contribution < -0.4 is 0 Å². The molecule has 0 saturated carbocycles. The van der Waals surface area contributed by atoms with Crippen LogP contribution in [0, 0.1) is 6.92 Å². The average molecular weight is 346 g/mol. The Labute approximate surface area is 155 Å². The molecule has 0 amide bonds. The van der Waals surface area contributed by atoms with Gasteiger partial charge in [-0.15, -0.1) is 0 Å². The van der Waals surface area contributed by atoms with Gasteiger partial charge in [-0.3, -0.25) is 9.78 Å². The summed E-state index contributed by atoms with van der Waals surface area (Å²) in [6.45, 7) is 14.7. The zero-order valence-electron chi connectivity index (χ0n) is 16.3. The number of allylic oxidation sites excluding steroid dienone is 1. The largest absolute Gasteiger partial charge is 0.332 e. The second kappa shape index (κ2) is 6.91. The van der Waals surface area contributed by atoms with Crippen LogP contribution in [0.2, 0.25) is 0 Å². The molecule has 3 aromatic rings. The maximum atomic E-state index is 12.3. The fourth-order valence-electron chi connectivity index (χ4n) is 3.49. The Bertz CT molecular complexity index is 1010. The van der Waals surface area contributed by atoms with Gasteiger partial charge in [0.15, 0.2) is 5.78 Å². The minimum atomic E-state index is 0.0737. The van der Waals surface area contributed by atoms with E-state index in [1.807, 2.05) is 25.3 Å². The molecule has 0 unspecified atom stereocenters. The van der Waals surface area contributed by atoms with Crippen LogP contribution in [0.1, 0.15) is 66.5 Å². The van der Waals surface area contributed by atoms with Crippen LogP contribution in [0.5, 0.6) is 0 Å². The lowest BCUT2D eigenvalue weighted by atomic mass is 9.98. The maximum absolute atomic E-state index is 12.3. The first-order valence-electron chi connectivity index (χ1n) is 9.03. The SMILES string of the molecule is C=C(C)c1ccnc(Cn2c(C(C)=O)cc3cc(C)cc(C(C)C)c32)c1. The van der Waals surface area contributed by atoms with Crippen LogP contribution in [0.3, 0.4) is 0 Å². The quantitative estimate of drug-likeness (QED) is 0.551. The molecule has 0 aliphatic rings. The Morgan fingerprint density at radius 2 is 1.92 bits per heavy atom. The molecule has 3 nitrogen and oxygen atoms in total. The Morgan fingerprint density at radius 1 is 1.19 bits per heavy atom. The predicted molar refractivity (Wildman–Crippen MR) is 109 cm³/mol. The maximum Gasteiger partial charge on any atom is 0.176 e. The number of carbonyl (C=O) groups excluding carboxylic acids is 1. The predicted octanol–water partition coefficient (Wildman–Crippen LogP) is 5.75. The van der Waals surface area contributed by atoms with Crippen molar-refractivity contribution >= 4 is 22.3 Å². The number of benzene rings is 1. The average Bonchev–Trinajstić information content (AvgIpc) is 2.92. The number of rotatable bonds is 5. The van der Waals surface area contributed by atoms with Gasteiger partial charge in [-0.25, -0.2) is 0 Å². The summed E-state index contributed by atoms with van der Waals surface area (Å²) in [5.41, 5.74) is 7.38. The molecular weight excluding hydrogens is 320 g/mol. The van der Waals surface area contributed by atoms with Gasteiger partial charge in [0.05, 0.1) is 23.4 Å². The third-order valence-corrected chi connectivity index (χ3v) is 4.78. The summed E-state index contributed by atoms with van der Waals surface area (Å²) in [5.74, 6) is 0.449. The van der Waals surface area contributed by atoms with Crippen molar-refractivity contribution in [3.05, 3.63) is 71.2 Å². The minimum absolute atomic E-state index is 0.0737. The molecular formula is C23H26N2O. The molecule has 0 atom stereocenters. The minimum Gasteiger partial charge on any atom is -0.332 e. The number of aromatic nitrogens is 2. The van der Waals surface area contributed by atoms with Gasteiger partial charge in [-0.05, 0) is 55.2 Å². The van der Waals surface area contributed by atoms with E-state index in [-0.39, 0.29) is 5.78 Å². The molecule has 3 heteroatoms. The first-order chi connectivity index (χ1) is 12.3. The normalized spacial score (nSPS) is 11.3. The van der Waals surface area contributed by atoms with Crippen LogP contribution in [-0.2, 0) is 6.54 Å². The van der Waals surface area contributed by atoms with Crippen molar-refractivity contribution in [2.45, 2.75) is 47.1 Å². The number of hydrogen-bond donors (Lipinski definition) is 0. The Morgan fingerprint density at radius 3 is 2.54 bits per heavy atom. The van der Waals surface area contributed by atoms with E-state index in [1.165, 1.54) is 11.1 Å². The Kier molecular flexibility index (Phi) is 4.82. The summed E-state index contributed by atoms with van der Waals surface area (Å²) >= 11 is 0. The fraction of sp³-hybridized carbons (Fsp3) is 0.304. The van der Waals surface area contributed by atoms with E-state index < -0.39 is 0 Å². The van der Waals surface area contributed by atoms with Gasteiger partial charge in [0.25, 0.3) is 0 Å². The van der Waals surface area contributed by atoms with Crippen molar-refractivity contribution in [2.24, 2.45) is 0 Å². The van der Waals surface area contributed by atoms with Crippen LogP contribution >= 0.6 is 0 Å². The number of pyridine rings is 1. The van der Waals surface area contributed by atoms with E-state index in [4.69, 9.17) is 0 Å². The zero-order valence-corrected chi connectivity index (χ0v) is 16.3. The molecule has 2 heterocycles. The smallest absolute Gasteiger partial charge is 0.176 e. The third-order valence-electron chi connectivity index (χ3n) is 4.78. The third kappa shape index (κ3) is 3.34. The highest BCUT2D eigenvalue weighted by Crippen LogP contribution is 2.31. The van der Waals surface area contributed by atoms with E-state index in [1.54, 1.807) is 6.92 Å². The molecule has 134 valence electrons. The zero-order chi connectivity index (χ0) is 19.0. The summed E-state index contributed by atoms with van der Waals surface area (Å²) in [4.78, 5) is 16.8. The number of Topliss-reactive ketones (excluding diaryl/α,β-unsaturated/α-hetero) is 1. The second-order valence-corrected chi connectivity index (χ2v) is 7.43. The van der Waals surface area contributed by atoms with E-state index in [0.717, 1.165) is 33.4 Å². The van der Waals surface area contributed by atoms with Crippen molar-refractivity contribution in [3.8, 4) is 0 Å². The molecule has 0 fully saturated rings. The van der Waals surface area contributed by atoms with Crippen LogP contribution in [0.15, 0.2) is 43.1 Å². The number of carbonyl (C=O) groups is 1. The fourth-order valence-corrected chi connectivity index (χ4v) is 3.49.